The van der Waals surface area contributed by atoms with Gasteiger partial charge >= 0.3 is 0 Å². The minimum absolute atomic E-state index is 0.190. The highest BCUT2D eigenvalue weighted by Gasteiger charge is 2.07. The van der Waals surface area contributed by atoms with Gasteiger partial charge in [0.25, 0.3) is 0 Å². The molecule has 0 unspecified atom stereocenters. The third kappa shape index (κ3) is 2.84. The number of benzene rings is 1. The van der Waals surface area contributed by atoms with E-state index in [0.29, 0.717) is 5.92 Å². The summed E-state index contributed by atoms with van der Waals surface area (Å²) in [5.41, 5.74) is 1.14. The fourth-order valence-electron chi connectivity index (χ4n) is 1.51. The van der Waals surface area contributed by atoms with E-state index in [1.54, 1.807) is 0 Å². The van der Waals surface area contributed by atoms with Gasteiger partial charge in [0.05, 0.1) is 0 Å². The van der Waals surface area contributed by atoms with E-state index in [9.17, 15) is 4.39 Å². The lowest BCUT2D eigenvalue weighted by Gasteiger charge is -2.12. The highest BCUT2D eigenvalue weighted by molar-refractivity contribution is 5.21. The summed E-state index contributed by atoms with van der Waals surface area (Å²) in [6, 6.07) is 6.64. The van der Waals surface area contributed by atoms with Gasteiger partial charge in [0.1, 0.15) is 5.82 Å². The van der Waals surface area contributed by atoms with Gasteiger partial charge in [0.2, 0.25) is 0 Å². The zero-order chi connectivity index (χ0) is 10.4. The van der Waals surface area contributed by atoms with Gasteiger partial charge in [-0.15, -0.1) is 13.2 Å². The molecule has 0 amide bonds. The molecule has 0 N–H and O–H groups in total. The van der Waals surface area contributed by atoms with E-state index in [2.05, 4.69) is 13.2 Å². The third-order valence-corrected chi connectivity index (χ3v) is 2.24. The van der Waals surface area contributed by atoms with Crippen molar-refractivity contribution < 1.29 is 4.39 Å². The molecule has 0 saturated heterocycles. The Morgan fingerprint density at radius 1 is 1.07 bits per heavy atom. The van der Waals surface area contributed by atoms with Gasteiger partial charge < -0.3 is 0 Å². The van der Waals surface area contributed by atoms with Crippen molar-refractivity contribution in [2.45, 2.75) is 18.8 Å². The first-order chi connectivity index (χ1) is 6.77. The molecule has 0 aromatic heterocycles. The molecule has 1 aromatic carbocycles. The van der Waals surface area contributed by atoms with Gasteiger partial charge in [0, 0.05) is 0 Å². The summed E-state index contributed by atoms with van der Waals surface area (Å²) < 4.78 is 12.7. The van der Waals surface area contributed by atoms with E-state index in [4.69, 9.17) is 0 Å². The Labute approximate surface area is 84.8 Å². The van der Waals surface area contributed by atoms with Crippen LogP contribution in [0.5, 0.6) is 0 Å². The standard InChI is InChI=1S/C13H15F/c1-3-5-11(6-4-2)12-7-9-13(14)10-8-12/h3-4,7-11H,1-2,5-6H2. The number of hydrogen-bond donors (Lipinski definition) is 0. The number of rotatable bonds is 5. The molecule has 0 atom stereocenters. The zero-order valence-electron chi connectivity index (χ0n) is 8.25. The summed E-state index contributed by atoms with van der Waals surface area (Å²) >= 11 is 0. The molecule has 0 aliphatic heterocycles. The minimum Gasteiger partial charge on any atom is -0.207 e. The number of hydrogen-bond acceptors (Lipinski definition) is 0. The van der Waals surface area contributed by atoms with Crippen LogP contribution in [-0.4, -0.2) is 0 Å². The van der Waals surface area contributed by atoms with Gasteiger partial charge in [-0.25, -0.2) is 4.39 Å². The summed E-state index contributed by atoms with van der Waals surface area (Å²) in [6.45, 7) is 7.43. The number of halogens is 1. The van der Waals surface area contributed by atoms with E-state index in [1.165, 1.54) is 12.1 Å². The Bertz CT molecular complexity index is 288. The van der Waals surface area contributed by atoms with Crippen molar-refractivity contribution in [2.24, 2.45) is 0 Å². The molecule has 0 heterocycles. The van der Waals surface area contributed by atoms with Gasteiger partial charge in [-0.1, -0.05) is 24.3 Å². The van der Waals surface area contributed by atoms with E-state index < -0.39 is 0 Å². The Kier molecular flexibility index (Phi) is 4.11. The molecule has 0 fully saturated rings. The van der Waals surface area contributed by atoms with Gasteiger partial charge in [0.15, 0.2) is 0 Å². The Morgan fingerprint density at radius 3 is 2.00 bits per heavy atom. The van der Waals surface area contributed by atoms with Crippen LogP contribution in [0.2, 0.25) is 0 Å². The maximum absolute atomic E-state index is 12.7. The van der Waals surface area contributed by atoms with E-state index in [1.807, 2.05) is 24.3 Å². The second-order valence-corrected chi connectivity index (χ2v) is 3.30. The Morgan fingerprint density at radius 2 is 1.57 bits per heavy atom. The maximum Gasteiger partial charge on any atom is 0.123 e. The molecule has 74 valence electrons. The van der Waals surface area contributed by atoms with Crippen molar-refractivity contribution >= 4 is 0 Å². The van der Waals surface area contributed by atoms with Crippen LogP contribution in [0.15, 0.2) is 49.6 Å². The highest BCUT2D eigenvalue weighted by Crippen LogP contribution is 2.24. The summed E-state index contributed by atoms with van der Waals surface area (Å²) in [5, 5.41) is 0. The largest absolute Gasteiger partial charge is 0.207 e. The molecule has 0 nitrogen and oxygen atoms in total. The van der Waals surface area contributed by atoms with E-state index in [0.717, 1.165) is 18.4 Å². The molecule has 0 aliphatic carbocycles. The maximum atomic E-state index is 12.7. The first-order valence-corrected chi connectivity index (χ1v) is 4.75. The first-order valence-electron chi connectivity index (χ1n) is 4.75. The van der Waals surface area contributed by atoms with Crippen LogP contribution in [0, 0.1) is 5.82 Å². The second-order valence-electron chi connectivity index (χ2n) is 3.30. The molecule has 0 saturated carbocycles. The fraction of sp³-hybridized carbons (Fsp3) is 0.231. The van der Waals surface area contributed by atoms with Crippen LogP contribution in [0.4, 0.5) is 4.39 Å². The van der Waals surface area contributed by atoms with Crippen LogP contribution < -0.4 is 0 Å². The Balaban J connectivity index is 2.80. The normalized spacial score (nSPS) is 10.1. The topological polar surface area (TPSA) is 0 Å². The van der Waals surface area contributed by atoms with E-state index in [-0.39, 0.29) is 5.82 Å². The van der Waals surface area contributed by atoms with Crippen molar-refractivity contribution in [3.8, 4) is 0 Å². The molecule has 0 spiro atoms. The molecule has 0 aliphatic rings. The summed E-state index contributed by atoms with van der Waals surface area (Å²) in [4.78, 5) is 0. The highest BCUT2D eigenvalue weighted by atomic mass is 19.1. The fourth-order valence-corrected chi connectivity index (χ4v) is 1.51. The van der Waals surface area contributed by atoms with Crippen molar-refractivity contribution in [1.82, 2.24) is 0 Å². The predicted octanol–water partition coefficient (Wildman–Crippen LogP) is 4.06. The van der Waals surface area contributed by atoms with Crippen molar-refractivity contribution in [3.63, 3.8) is 0 Å². The monoisotopic (exact) mass is 190 g/mol. The second kappa shape index (κ2) is 5.38. The van der Waals surface area contributed by atoms with E-state index >= 15 is 0 Å². The summed E-state index contributed by atoms with van der Waals surface area (Å²) in [6.07, 6.45) is 5.57. The quantitative estimate of drug-likeness (QED) is 0.614. The van der Waals surface area contributed by atoms with Gasteiger partial charge in [-0.05, 0) is 36.5 Å². The SMILES string of the molecule is C=CCC(CC=C)c1ccc(F)cc1. The van der Waals surface area contributed by atoms with Crippen LogP contribution >= 0.6 is 0 Å². The molecule has 14 heavy (non-hydrogen) atoms. The lowest BCUT2D eigenvalue weighted by molar-refractivity contribution is 0.624. The minimum atomic E-state index is -0.190. The molecular weight excluding hydrogens is 175 g/mol. The smallest absolute Gasteiger partial charge is 0.123 e. The van der Waals surface area contributed by atoms with Gasteiger partial charge in [-0.3, -0.25) is 0 Å². The van der Waals surface area contributed by atoms with Crippen LogP contribution in [0.1, 0.15) is 24.3 Å². The first kappa shape index (κ1) is 10.7. The van der Waals surface area contributed by atoms with Crippen molar-refractivity contribution in [2.75, 3.05) is 0 Å². The lowest BCUT2D eigenvalue weighted by Crippen LogP contribution is -1.96. The third-order valence-electron chi connectivity index (χ3n) is 2.24. The molecule has 1 rings (SSSR count). The number of allylic oxidation sites excluding steroid dienone is 2. The lowest BCUT2D eigenvalue weighted by atomic mass is 9.93. The average Bonchev–Trinajstić information content (AvgIpc) is 2.19. The molecule has 0 radical (unpaired) electrons. The van der Waals surface area contributed by atoms with Crippen LogP contribution in [0.3, 0.4) is 0 Å². The molecular formula is C13H15F. The summed E-state index contributed by atoms with van der Waals surface area (Å²) in [5.74, 6) is 0.190. The molecule has 1 heteroatoms. The van der Waals surface area contributed by atoms with Crippen molar-refractivity contribution in [1.29, 1.82) is 0 Å². The van der Waals surface area contributed by atoms with Crippen LogP contribution in [0.25, 0.3) is 0 Å². The van der Waals surface area contributed by atoms with Gasteiger partial charge in [-0.2, -0.15) is 0 Å². The molecule has 0 bridgehead atoms. The Hall–Kier alpha value is -1.37. The average molecular weight is 190 g/mol. The zero-order valence-corrected chi connectivity index (χ0v) is 8.25. The predicted molar refractivity (Wildman–Crippen MR) is 58.8 cm³/mol. The van der Waals surface area contributed by atoms with Crippen LogP contribution in [-0.2, 0) is 0 Å². The molecule has 1 aromatic rings. The van der Waals surface area contributed by atoms with Crippen molar-refractivity contribution in [3.05, 3.63) is 61.0 Å². The summed E-state index contributed by atoms with van der Waals surface area (Å²) in [7, 11) is 0.